The number of azide groups is 1. The quantitative estimate of drug-likeness (QED) is 0.406. The highest BCUT2D eigenvalue weighted by atomic mass is 16.7. The Morgan fingerprint density at radius 2 is 2.05 bits per heavy atom. The molecule has 0 aliphatic carbocycles. The Kier molecular flexibility index (Phi) is 2.54. The van der Waals surface area contributed by atoms with Crippen molar-refractivity contribution in [1.82, 2.24) is 4.98 Å². The second kappa shape index (κ2) is 4.54. The van der Waals surface area contributed by atoms with Crippen molar-refractivity contribution in [3.63, 3.8) is 0 Å². The van der Waals surface area contributed by atoms with E-state index in [2.05, 4.69) is 15.0 Å². The second-order valence-electron chi connectivity index (χ2n) is 4.38. The molecular weight excluding hydrogens is 292 g/mol. The average molecular weight is 298 g/mol. The molecule has 0 bridgehead atoms. The van der Waals surface area contributed by atoms with E-state index in [1.807, 2.05) is 0 Å². The molecule has 0 N–H and O–H groups in total. The highest BCUT2D eigenvalue weighted by Crippen LogP contribution is 2.38. The van der Waals surface area contributed by atoms with Crippen LogP contribution < -0.4 is 9.47 Å². The number of oxazole rings is 1. The van der Waals surface area contributed by atoms with Crippen LogP contribution in [0.25, 0.3) is 33.1 Å². The molecule has 3 heterocycles. The summed E-state index contributed by atoms with van der Waals surface area (Å²) in [6.07, 6.45) is 1.17. The molecule has 9 heteroatoms. The summed E-state index contributed by atoms with van der Waals surface area (Å²) in [6.45, 7) is 0.180. The molecule has 22 heavy (non-hydrogen) atoms. The maximum atomic E-state index is 11.4. The van der Waals surface area contributed by atoms with Crippen LogP contribution in [-0.2, 0) is 0 Å². The Hall–Kier alpha value is -3.45. The summed E-state index contributed by atoms with van der Waals surface area (Å²) >= 11 is 0. The standard InChI is InChI=1S/C13H6N4O5/c14-17-16-12(18)11-4-15-13(22-11)10-2-6-1-8-9(20-5-19-8)3-7(6)21-10/h1-4H,5H2. The van der Waals surface area contributed by atoms with Gasteiger partial charge in [-0.2, -0.15) is 0 Å². The summed E-state index contributed by atoms with van der Waals surface area (Å²) in [5.74, 6) is 0.653. The molecule has 0 unspecified atom stereocenters. The van der Waals surface area contributed by atoms with Gasteiger partial charge in [-0.3, -0.25) is 4.79 Å². The topological polar surface area (TPSA) is 123 Å². The fourth-order valence-corrected chi connectivity index (χ4v) is 2.11. The minimum atomic E-state index is -0.849. The molecular formula is C13H6N4O5. The fourth-order valence-electron chi connectivity index (χ4n) is 2.11. The number of furan rings is 1. The number of fused-ring (bicyclic) bond motifs is 2. The Labute approximate surface area is 121 Å². The van der Waals surface area contributed by atoms with Crippen molar-refractivity contribution >= 4 is 16.9 Å². The number of carbonyl (C=O) groups is 1. The van der Waals surface area contributed by atoms with E-state index < -0.39 is 5.91 Å². The maximum Gasteiger partial charge on any atom is 0.285 e. The normalized spacial score (nSPS) is 12.4. The fraction of sp³-hybridized carbons (Fsp3) is 0.0769. The van der Waals surface area contributed by atoms with Gasteiger partial charge in [-0.1, -0.05) is 0 Å². The summed E-state index contributed by atoms with van der Waals surface area (Å²) in [5.41, 5.74) is 8.80. The first-order valence-electron chi connectivity index (χ1n) is 6.13. The van der Waals surface area contributed by atoms with Crippen LogP contribution in [0.5, 0.6) is 11.5 Å². The molecule has 108 valence electrons. The Morgan fingerprint density at radius 3 is 2.86 bits per heavy atom. The average Bonchev–Trinajstić information content (AvgIpc) is 3.22. The first kappa shape index (κ1) is 12.3. The van der Waals surface area contributed by atoms with E-state index in [1.165, 1.54) is 6.20 Å². The van der Waals surface area contributed by atoms with Crippen LogP contribution >= 0.6 is 0 Å². The molecule has 1 amide bonds. The smallest absolute Gasteiger partial charge is 0.285 e. The zero-order valence-corrected chi connectivity index (χ0v) is 10.8. The van der Waals surface area contributed by atoms with Crippen LogP contribution in [-0.4, -0.2) is 17.7 Å². The summed E-state index contributed by atoms with van der Waals surface area (Å²) < 4.78 is 21.4. The van der Waals surface area contributed by atoms with E-state index in [0.717, 1.165) is 5.39 Å². The summed E-state index contributed by atoms with van der Waals surface area (Å²) in [7, 11) is 0. The van der Waals surface area contributed by atoms with Crippen molar-refractivity contribution in [3.05, 3.63) is 40.6 Å². The Bertz CT molecular complexity index is 910. The number of rotatable bonds is 2. The van der Waals surface area contributed by atoms with Crippen LogP contribution in [0.15, 0.2) is 38.3 Å². The van der Waals surface area contributed by atoms with Gasteiger partial charge in [0, 0.05) is 16.4 Å². The molecule has 0 radical (unpaired) electrons. The second-order valence-corrected chi connectivity index (χ2v) is 4.38. The van der Waals surface area contributed by atoms with Crippen LogP contribution in [0.1, 0.15) is 10.6 Å². The molecule has 1 aliphatic heterocycles. The zero-order valence-electron chi connectivity index (χ0n) is 10.8. The van der Waals surface area contributed by atoms with Crippen LogP contribution in [0.2, 0.25) is 0 Å². The number of aromatic nitrogens is 1. The number of ether oxygens (including phenoxy) is 2. The SMILES string of the molecule is [N-]=[N+]=NC(=O)c1cnc(-c2cc3cc4c(cc3o2)OCO4)o1. The lowest BCUT2D eigenvalue weighted by Gasteiger charge is -1.93. The monoisotopic (exact) mass is 298 g/mol. The molecule has 3 aromatic rings. The minimum absolute atomic E-state index is 0.106. The molecule has 0 atom stereocenters. The molecule has 1 aromatic carbocycles. The number of hydrogen-bond acceptors (Lipinski definition) is 6. The van der Waals surface area contributed by atoms with Crippen molar-refractivity contribution in [2.24, 2.45) is 5.11 Å². The van der Waals surface area contributed by atoms with Crippen molar-refractivity contribution in [2.45, 2.75) is 0 Å². The van der Waals surface area contributed by atoms with Crippen LogP contribution in [0.4, 0.5) is 0 Å². The van der Waals surface area contributed by atoms with Crippen molar-refractivity contribution in [1.29, 1.82) is 0 Å². The van der Waals surface area contributed by atoms with Gasteiger partial charge in [0.15, 0.2) is 23.0 Å². The van der Waals surface area contributed by atoms with Gasteiger partial charge in [0.05, 0.1) is 6.20 Å². The molecule has 2 aromatic heterocycles. The molecule has 4 rings (SSSR count). The Morgan fingerprint density at radius 1 is 1.23 bits per heavy atom. The van der Waals surface area contributed by atoms with E-state index in [-0.39, 0.29) is 18.4 Å². The lowest BCUT2D eigenvalue weighted by atomic mass is 10.2. The van der Waals surface area contributed by atoms with E-state index in [0.29, 0.717) is 22.8 Å². The highest BCUT2D eigenvalue weighted by molar-refractivity contribution is 5.92. The van der Waals surface area contributed by atoms with Crippen LogP contribution in [0, 0.1) is 0 Å². The zero-order chi connectivity index (χ0) is 15.1. The van der Waals surface area contributed by atoms with E-state index in [1.54, 1.807) is 18.2 Å². The van der Waals surface area contributed by atoms with E-state index in [9.17, 15) is 4.79 Å². The van der Waals surface area contributed by atoms with Gasteiger partial charge in [0.25, 0.3) is 11.8 Å². The van der Waals surface area contributed by atoms with Gasteiger partial charge in [-0.05, 0) is 22.8 Å². The number of carbonyl (C=O) groups excluding carboxylic acids is 1. The lowest BCUT2D eigenvalue weighted by molar-refractivity contribution is 0.0974. The first-order chi connectivity index (χ1) is 10.7. The van der Waals surface area contributed by atoms with E-state index in [4.69, 9.17) is 23.8 Å². The van der Waals surface area contributed by atoms with Crippen molar-refractivity contribution in [3.8, 4) is 23.1 Å². The number of benzene rings is 1. The number of hydrogen-bond donors (Lipinski definition) is 0. The van der Waals surface area contributed by atoms with Gasteiger partial charge < -0.3 is 18.3 Å². The van der Waals surface area contributed by atoms with Crippen LogP contribution in [0.3, 0.4) is 0 Å². The third-order valence-electron chi connectivity index (χ3n) is 3.07. The maximum absolute atomic E-state index is 11.4. The third kappa shape index (κ3) is 1.85. The largest absolute Gasteiger partial charge is 0.454 e. The van der Waals surface area contributed by atoms with Gasteiger partial charge in [0.2, 0.25) is 6.79 Å². The van der Waals surface area contributed by atoms with Crippen molar-refractivity contribution in [2.75, 3.05) is 6.79 Å². The highest BCUT2D eigenvalue weighted by Gasteiger charge is 2.19. The summed E-state index contributed by atoms with van der Waals surface area (Å²) in [4.78, 5) is 17.7. The Balaban J connectivity index is 1.75. The lowest BCUT2D eigenvalue weighted by Crippen LogP contribution is -1.92. The van der Waals surface area contributed by atoms with Gasteiger partial charge in [-0.15, -0.1) is 0 Å². The molecule has 0 saturated carbocycles. The molecule has 0 saturated heterocycles. The van der Waals surface area contributed by atoms with E-state index >= 15 is 0 Å². The predicted molar refractivity (Wildman–Crippen MR) is 71.3 cm³/mol. The number of amides is 1. The minimum Gasteiger partial charge on any atom is -0.454 e. The molecule has 1 aliphatic rings. The molecule has 9 nitrogen and oxygen atoms in total. The first-order valence-corrected chi connectivity index (χ1v) is 6.13. The summed E-state index contributed by atoms with van der Waals surface area (Å²) in [6, 6.07) is 5.18. The van der Waals surface area contributed by atoms with Gasteiger partial charge in [0.1, 0.15) is 5.58 Å². The molecule has 0 spiro atoms. The van der Waals surface area contributed by atoms with Crippen molar-refractivity contribution < 1.29 is 23.1 Å². The summed E-state index contributed by atoms with van der Waals surface area (Å²) in [5, 5.41) is 3.71. The molecule has 0 fully saturated rings. The number of nitrogens with zero attached hydrogens (tertiary/aromatic N) is 4. The van der Waals surface area contributed by atoms with Gasteiger partial charge in [-0.25, -0.2) is 4.98 Å². The third-order valence-corrected chi connectivity index (χ3v) is 3.07. The van der Waals surface area contributed by atoms with Gasteiger partial charge >= 0.3 is 0 Å². The predicted octanol–water partition coefficient (Wildman–Crippen LogP) is 3.27.